The molecule has 0 radical (unpaired) electrons. The minimum atomic E-state index is -0.689. The Balaban J connectivity index is 1.87. The zero-order valence-corrected chi connectivity index (χ0v) is 16.0. The summed E-state index contributed by atoms with van der Waals surface area (Å²) in [5.41, 5.74) is 3.01. The number of benzene rings is 2. The Morgan fingerprint density at radius 1 is 1.25 bits per heavy atom. The van der Waals surface area contributed by atoms with Gasteiger partial charge in [0, 0.05) is 40.7 Å². The minimum Gasteiger partial charge on any atom is -0.356 e. The number of rotatable bonds is 3. The van der Waals surface area contributed by atoms with Crippen LogP contribution in [0.25, 0.3) is 10.9 Å². The smallest absolute Gasteiger partial charge is 0.242 e. The van der Waals surface area contributed by atoms with Crippen molar-refractivity contribution in [1.82, 2.24) is 15.2 Å². The van der Waals surface area contributed by atoms with Crippen LogP contribution in [0.4, 0.5) is 4.39 Å². The molecule has 4 rings (SSSR count). The molecule has 0 saturated heterocycles. The third kappa shape index (κ3) is 3.14. The summed E-state index contributed by atoms with van der Waals surface area (Å²) in [4.78, 5) is 29.0. The molecule has 1 atom stereocenters. The van der Waals surface area contributed by atoms with Crippen LogP contribution in [0, 0.1) is 5.82 Å². The highest BCUT2D eigenvalue weighted by atomic mass is 35.5. The Labute approximate surface area is 166 Å². The average Bonchev–Trinajstić information content (AvgIpc) is 3.05. The lowest BCUT2D eigenvalue weighted by Crippen LogP contribution is -2.45. The largest absolute Gasteiger partial charge is 0.356 e. The molecule has 1 aliphatic rings. The molecule has 2 aromatic carbocycles. The van der Waals surface area contributed by atoms with E-state index in [0.717, 1.165) is 22.2 Å². The third-order valence-corrected chi connectivity index (χ3v) is 5.45. The first-order valence-electron chi connectivity index (χ1n) is 9.04. The highest BCUT2D eigenvalue weighted by Gasteiger charge is 2.37. The van der Waals surface area contributed by atoms with Gasteiger partial charge in [-0.25, -0.2) is 4.39 Å². The maximum absolute atomic E-state index is 14.8. The number of halogens is 2. The number of amides is 2. The van der Waals surface area contributed by atoms with E-state index in [4.69, 9.17) is 11.6 Å². The quantitative estimate of drug-likeness (QED) is 0.707. The summed E-state index contributed by atoms with van der Waals surface area (Å²) in [7, 11) is 0. The minimum absolute atomic E-state index is 0.145. The first-order valence-corrected chi connectivity index (χ1v) is 9.42. The number of fused-ring (bicyclic) bond motifs is 3. The van der Waals surface area contributed by atoms with E-state index in [1.54, 1.807) is 17.0 Å². The molecule has 0 fully saturated rings. The number of nitrogens with zero attached hydrogens (tertiary/aromatic N) is 1. The molecule has 3 aromatic rings. The second-order valence-electron chi connectivity index (χ2n) is 6.85. The van der Waals surface area contributed by atoms with Crippen LogP contribution in [-0.4, -0.2) is 34.8 Å². The summed E-state index contributed by atoms with van der Waals surface area (Å²) < 4.78 is 14.8. The number of aromatic amines is 1. The Hall–Kier alpha value is -2.86. The van der Waals surface area contributed by atoms with Crippen LogP contribution in [0.2, 0.25) is 5.02 Å². The highest BCUT2D eigenvalue weighted by molar-refractivity contribution is 6.31. The molecular weight excluding hydrogens is 381 g/mol. The van der Waals surface area contributed by atoms with E-state index in [2.05, 4.69) is 10.3 Å². The second kappa shape index (κ2) is 7.28. The Morgan fingerprint density at radius 3 is 2.79 bits per heavy atom. The van der Waals surface area contributed by atoms with Crippen LogP contribution < -0.4 is 5.32 Å². The monoisotopic (exact) mass is 399 g/mol. The van der Waals surface area contributed by atoms with Gasteiger partial charge in [0.25, 0.3) is 0 Å². The number of H-pyrrole nitrogens is 1. The second-order valence-corrected chi connectivity index (χ2v) is 7.25. The van der Waals surface area contributed by atoms with Crippen molar-refractivity contribution < 1.29 is 14.0 Å². The number of para-hydroxylation sites is 1. The average molecular weight is 400 g/mol. The number of aromatic nitrogens is 1. The molecule has 1 unspecified atom stereocenters. The lowest BCUT2D eigenvalue weighted by molar-refractivity contribution is -0.134. The van der Waals surface area contributed by atoms with Crippen molar-refractivity contribution in [2.45, 2.75) is 19.4 Å². The predicted octanol–water partition coefficient (Wildman–Crippen LogP) is 3.57. The predicted molar refractivity (Wildman–Crippen MR) is 106 cm³/mol. The van der Waals surface area contributed by atoms with E-state index < -0.39 is 11.9 Å². The molecule has 2 heterocycles. The van der Waals surface area contributed by atoms with Crippen molar-refractivity contribution in [1.29, 1.82) is 0 Å². The van der Waals surface area contributed by atoms with E-state index in [1.165, 1.54) is 13.0 Å². The van der Waals surface area contributed by atoms with Gasteiger partial charge in [0.1, 0.15) is 11.9 Å². The van der Waals surface area contributed by atoms with E-state index in [1.807, 2.05) is 24.3 Å². The van der Waals surface area contributed by atoms with Crippen molar-refractivity contribution in [3.63, 3.8) is 0 Å². The maximum atomic E-state index is 14.8. The van der Waals surface area contributed by atoms with Gasteiger partial charge in [0.05, 0.1) is 6.54 Å². The Bertz CT molecular complexity index is 1060. The number of hydrogen-bond donors (Lipinski definition) is 2. The Morgan fingerprint density at radius 2 is 2.04 bits per heavy atom. The summed E-state index contributed by atoms with van der Waals surface area (Å²) in [5, 5.41) is 3.84. The molecule has 0 bridgehead atoms. The van der Waals surface area contributed by atoms with Gasteiger partial charge in [0.15, 0.2) is 0 Å². The maximum Gasteiger partial charge on any atom is 0.242 e. The van der Waals surface area contributed by atoms with Crippen LogP contribution in [-0.2, 0) is 16.0 Å². The lowest BCUT2D eigenvalue weighted by Gasteiger charge is -2.36. The van der Waals surface area contributed by atoms with Crippen LogP contribution in [0.3, 0.4) is 0 Å². The van der Waals surface area contributed by atoms with E-state index in [0.29, 0.717) is 13.0 Å². The van der Waals surface area contributed by atoms with Gasteiger partial charge in [-0.3, -0.25) is 9.59 Å². The third-order valence-electron chi connectivity index (χ3n) is 5.12. The van der Waals surface area contributed by atoms with Crippen molar-refractivity contribution in [2.75, 3.05) is 13.1 Å². The van der Waals surface area contributed by atoms with Gasteiger partial charge in [-0.1, -0.05) is 35.9 Å². The van der Waals surface area contributed by atoms with Gasteiger partial charge in [-0.05, 0) is 30.2 Å². The van der Waals surface area contributed by atoms with Crippen LogP contribution in [0.1, 0.15) is 29.8 Å². The van der Waals surface area contributed by atoms with Gasteiger partial charge in [0.2, 0.25) is 11.8 Å². The SMILES string of the molecule is CC(=O)NCC(=O)N1CCc2c([nH]c3ccccc23)C1c1c(F)cccc1Cl. The van der Waals surface area contributed by atoms with Crippen molar-refractivity contribution in [3.05, 3.63) is 70.1 Å². The molecule has 7 heteroatoms. The Kier molecular flexibility index (Phi) is 4.81. The standard InChI is InChI=1S/C21H19ClFN3O2/c1-12(27)24-11-18(28)26-10-9-14-13-5-2-3-8-17(13)25-20(14)21(26)19-15(22)6-4-7-16(19)23/h2-8,21,25H,9-11H2,1H3,(H,24,27). The van der Waals surface area contributed by atoms with Crippen LogP contribution in [0.15, 0.2) is 42.5 Å². The number of carbonyl (C=O) groups is 2. The molecule has 0 aliphatic carbocycles. The van der Waals surface area contributed by atoms with Gasteiger partial charge >= 0.3 is 0 Å². The summed E-state index contributed by atoms with van der Waals surface area (Å²) in [6, 6.07) is 11.7. The fourth-order valence-corrected chi connectivity index (χ4v) is 4.15. The first-order chi connectivity index (χ1) is 13.5. The lowest BCUT2D eigenvalue weighted by atomic mass is 9.92. The van der Waals surface area contributed by atoms with Gasteiger partial charge in [-0.2, -0.15) is 0 Å². The summed E-state index contributed by atoms with van der Waals surface area (Å²) in [6.07, 6.45) is 0.633. The molecule has 144 valence electrons. The zero-order valence-electron chi connectivity index (χ0n) is 15.3. The summed E-state index contributed by atoms with van der Waals surface area (Å²) >= 11 is 6.36. The molecular formula is C21H19ClFN3O2. The molecule has 2 N–H and O–H groups in total. The zero-order chi connectivity index (χ0) is 19.8. The molecule has 28 heavy (non-hydrogen) atoms. The molecule has 2 amide bonds. The fourth-order valence-electron chi connectivity index (χ4n) is 3.88. The van der Waals surface area contributed by atoms with E-state index in [9.17, 15) is 14.0 Å². The summed E-state index contributed by atoms with van der Waals surface area (Å²) in [5.74, 6) is -1.05. The molecule has 0 spiro atoms. The van der Waals surface area contributed by atoms with E-state index in [-0.39, 0.29) is 28.9 Å². The van der Waals surface area contributed by atoms with Gasteiger partial charge in [-0.15, -0.1) is 0 Å². The molecule has 1 aromatic heterocycles. The van der Waals surface area contributed by atoms with Gasteiger partial charge < -0.3 is 15.2 Å². The fraction of sp³-hybridized carbons (Fsp3) is 0.238. The van der Waals surface area contributed by atoms with Crippen molar-refractivity contribution >= 4 is 34.3 Å². The number of carbonyl (C=O) groups excluding carboxylic acids is 2. The van der Waals surface area contributed by atoms with Crippen LogP contribution in [0.5, 0.6) is 0 Å². The highest BCUT2D eigenvalue weighted by Crippen LogP contribution is 2.41. The van der Waals surface area contributed by atoms with Crippen molar-refractivity contribution in [3.8, 4) is 0 Å². The molecule has 0 saturated carbocycles. The number of nitrogens with one attached hydrogen (secondary N) is 2. The molecule has 1 aliphatic heterocycles. The van der Waals surface area contributed by atoms with Crippen LogP contribution >= 0.6 is 11.6 Å². The topological polar surface area (TPSA) is 65.2 Å². The first kappa shape index (κ1) is 18.5. The normalized spacial score (nSPS) is 16.1. The van der Waals surface area contributed by atoms with Crippen molar-refractivity contribution in [2.24, 2.45) is 0 Å². The number of hydrogen-bond acceptors (Lipinski definition) is 2. The van der Waals surface area contributed by atoms with E-state index >= 15 is 0 Å². The molecule has 5 nitrogen and oxygen atoms in total. The summed E-state index contributed by atoms with van der Waals surface area (Å²) in [6.45, 7) is 1.61.